The quantitative estimate of drug-likeness (QED) is 0.523. The molecule has 4 nitrogen and oxygen atoms in total. The van der Waals surface area contributed by atoms with Gasteiger partial charge in [-0.05, 0) is 29.8 Å². The summed E-state index contributed by atoms with van der Waals surface area (Å²) in [6.07, 6.45) is 0.392. The lowest BCUT2D eigenvalue weighted by molar-refractivity contribution is 0.152. The third-order valence-electron chi connectivity index (χ3n) is 3.96. The molecule has 2 aromatic heterocycles. The number of benzene rings is 1. The van der Waals surface area contributed by atoms with Gasteiger partial charge in [-0.2, -0.15) is 0 Å². The number of hydrogen-bond donors (Lipinski definition) is 0. The van der Waals surface area contributed by atoms with Crippen molar-refractivity contribution in [1.29, 1.82) is 0 Å². The summed E-state index contributed by atoms with van der Waals surface area (Å²) < 4.78 is 34.4. The van der Waals surface area contributed by atoms with Gasteiger partial charge in [-0.25, -0.2) is 8.78 Å². The van der Waals surface area contributed by atoms with E-state index in [1.165, 1.54) is 42.1 Å². The molecule has 0 aliphatic carbocycles. The van der Waals surface area contributed by atoms with Gasteiger partial charge in [0, 0.05) is 32.9 Å². The van der Waals surface area contributed by atoms with Gasteiger partial charge in [0.05, 0.1) is 25.5 Å². The predicted octanol–water partition coefficient (Wildman–Crippen LogP) is 5.32. The van der Waals surface area contributed by atoms with Crippen LogP contribution in [-0.2, 0) is 6.54 Å². The average Bonchev–Trinajstić information content (AvgIpc) is 2.62. The van der Waals surface area contributed by atoms with Crippen molar-refractivity contribution in [3.8, 4) is 16.9 Å². The summed E-state index contributed by atoms with van der Waals surface area (Å²) in [5.41, 5.74) is 0.506. The molecule has 0 spiro atoms. The van der Waals surface area contributed by atoms with E-state index in [-0.39, 0.29) is 34.5 Å². The minimum Gasteiger partial charge on any atom is -0.495 e. The molecule has 0 radical (unpaired) electrons. The Hall–Kier alpha value is -2.25. The summed E-state index contributed by atoms with van der Waals surface area (Å²) >= 11 is 9.34. The molecule has 3 rings (SSSR count). The minimum absolute atomic E-state index is 0.166. The lowest BCUT2D eigenvalue weighted by Crippen LogP contribution is -2.20. The number of ether oxygens (including phenoxy) is 1. The maximum atomic E-state index is 13.4. The second-order valence-corrected chi connectivity index (χ2v) is 7.07. The van der Waals surface area contributed by atoms with E-state index in [1.54, 1.807) is 18.3 Å². The summed E-state index contributed by atoms with van der Waals surface area (Å²) in [5, 5.41) is 0.291. The molecule has 0 saturated carbocycles. The van der Waals surface area contributed by atoms with Crippen molar-refractivity contribution in [2.75, 3.05) is 7.11 Å². The van der Waals surface area contributed by atoms with Crippen LogP contribution in [0.3, 0.4) is 0 Å². The normalized spacial score (nSPS) is 11.0. The van der Waals surface area contributed by atoms with Gasteiger partial charge in [0.25, 0.3) is 12.0 Å². The van der Waals surface area contributed by atoms with Crippen LogP contribution in [0.5, 0.6) is 5.75 Å². The molecule has 0 aliphatic heterocycles. The Labute approximate surface area is 167 Å². The fourth-order valence-corrected chi connectivity index (χ4v) is 3.27. The van der Waals surface area contributed by atoms with Gasteiger partial charge in [0.1, 0.15) is 5.75 Å². The van der Waals surface area contributed by atoms with Crippen LogP contribution in [0, 0.1) is 0 Å². The molecule has 0 aliphatic rings. The first kappa shape index (κ1) is 19.5. The van der Waals surface area contributed by atoms with Crippen LogP contribution in [0.2, 0.25) is 5.02 Å². The van der Waals surface area contributed by atoms with Crippen LogP contribution < -0.4 is 10.3 Å². The number of methoxy groups -OCH3 is 1. The van der Waals surface area contributed by atoms with E-state index in [0.717, 1.165) is 4.47 Å². The first-order valence-electron chi connectivity index (χ1n) is 7.86. The average molecular weight is 456 g/mol. The molecule has 0 bridgehead atoms. The topological polar surface area (TPSA) is 44.1 Å². The summed E-state index contributed by atoms with van der Waals surface area (Å²) in [5.74, 6) is 0.286. The fourth-order valence-electron chi connectivity index (χ4n) is 2.71. The highest BCUT2D eigenvalue weighted by Crippen LogP contribution is 2.37. The molecule has 0 amide bonds. The summed E-state index contributed by atoms with van der Waals surface area (Å²) in [4.78, 5) is 16.8. The molecule has 0 fully saturated rings. The molecular weight excluding hydrogens is 442 g/mol. The van der Waals surface area contributed by atoms with Crippen LogP contribution in [0.4, 0.5) is 8.78 Å². The smallest absolute Gasteiger partial charge is 0.264 e. The van der Waals surface area contributed by atoms with Gasteiger partial charge in [-0.3, -0.25) is 9.78 Å². The first-order chi connectivity index (χ1) is 12.9. The van der Waals surface area contributed by atoms with Gasteiger partial charge in [-0.1, -0.05) is 33.6 Å². The molecule has 8 heteroatoms. The third kappa shape index (κ3) is 4.36. The van der Waals surface area contributed by atoms with Gasteiger partial charge in [0.2, 0.25) is 0 Å². The molecule has 140 valence electrons. The summed E-state index contributed by atoms with van der Waals surface area (Å²) in [6, 6.07) is 8.88. The zero-order chi connectivity index (χ0) is 19.6. The van der Waals surface area contributed by atoms with Crippen LogP contribution in [0.1, 0.15) is 17.7 Å². The van der Waals surface area contributed by atoms with Crippen molar-refractivity contribution in [3.63, 3.8) is 0 Å². The van der Waals surface area contributed by atoms with Crippen LogP contribution in [0.25, 0.3) is 11.1 Å². The number of pyridine rings is 2. The maximum Gasteiger partial charge on any atom is 0.264 e. The minimum atomic E-state index is -2.71. The number of rotatable bonds is 5. The second kappa shape index (κ2) is 8.19. The number of hydrogen-bond acceptors (Lipinski definition) is 3. The van der Waals surface area contributed by atoms with E-state index < -0.39 is 6.43 Å². The molecular formula is C19H14BrClF2N2O2. The van der Waals surface area contributed by atoms with Gasteiger partial charge < -0.3 is 9.30 Å². The van der Waals surface area contributed by atoms with Crippen molar-refractivity contribution in [2.24, 2.45) is 0 Å². The number of halogens is 4. The summed E-state index contributed by atoms with van der Waals surface area (Å²) in [7, 11) is 1.41. The van der Waals surface area contributed by atoms with E-state index in [2.05, 4.69) is 20.9 Å². The molecule has 0 N–H and O–H groups in total. The molecule has 27 heavy (non-hydrogen) atoms. The Morgan fingerprint density at radius 2 is 2.00 bits per heavy atom. The monoisotopic (exact) mass is 454 g/mol. The summed E-state index contributed by atoms with van der Waals surface area (Å²) in [6.45, 7) is 0.214. The van der Waals surface area contributed by atoms with Crippen molar-refractivity contribution in [2.45, 2.75) is 13.0 Å². The van der Waals surface area contributed by atoms with Crippen molar-refractivity contribution in [1.82, 2.24) is 9.55 Å². The first-order valence-corrected chi connectivity index (χ1v) is 9.03. The molecule has 0 unspecified atom stereocenters. The standard InChI is InChI=1S/C19H14BrClF2N2O2/c1-27-17-10-25(9-13-6-11(20)4-5-24-13)18(26)8-16(17)15-7-12(21)2-3-14(15)19(22)23/h2-8,10,19H,9H2,1H3. The highest BCUT2D eigenvalue weighted by atomic mass is 79.9. The maximum absolute atomic E-state index is 13.4. The van der Waals surface area contributed by atoms with Crippen molar-refractivity contribution < 1.29 is 13.5 Å². The van der Waals surface area contributed by atoms with Crippen LogP contribution >= 0.6 is 27.5 Å². The van der Waals surface area contributed by atoms with E-state index in [0.29, 0.717) is 10.7 Å². The highest BCUT2D eigenvalue weighted by molar-refractivity contribution is 9.10. The molecule has 2 heterocycles. The van der Waals surface area contributed by atoms with Crippen molar-refractivity contribution >= 4 is 27.5 Å². The van der Waals surface area contributed by atoms with E-state index in [9.17, 15) is 13.6 Å². The Bertz CT molecular complexity index is 1040. The van der Waals surface area contributed by atoms with E-state index in [4.69, 9.17) is 16.3 Å². The molecule has 3 aromatic rings. The largest absolute Gasteiger partial charge is 0.495 e. The van der Waals surface area contributed by atoms with Gasteiger partial charge in [-0.15, -0.1) is 0 Å². The van der Waals surface area contributed by atoms with E-state index >= 15 is 0 Å². The lowest BCUT2D eigenvalue weighted by Gasteiger charge is -2.15. The molecule has 0 saturated heterocycles. The highest BCUT2D eigenvalue weighted by Gasteiger charge is 2.19. The van der Waals surface area contributed by atoms with Crippen LogP contribution in [-0.4, -0.2) is 16.7 Å². The van der Waals surface area contributed by atoms with E-state index in [1.807, 2.05) is 0 Å². The second-order valence-electron chi connectivity index (χ2n) is 5.72. The fraction of sp³-hybridized carbons (Fsp3) is 0.158. The predicted molar refractivity (Wildman–Crippen MR) is 104 cm³/mol. The van der Waals surface area contributed by atoms with Crippen LogP contribution in [0.15, 0.2) is 58.1 Å². The Morgan fingerprint density at radius 3 is 2.67 bits per heavy atom. The third-order valence-corrected chi connectivity index (χ3v) is 4.69. The molecule has 1 aromatic carbocycles. The SMILES string of the molecule is COc1cn(Cc2cc(Br)ccn2)c(=O)cc1-c1cc(Cl)ccc1C(F)F. The number of nitrogens with zero attached hydrogens (tertiary/aromatic N) is 2. The van der Waals surface area contributed by atoms with Crippen molar-refractivity contribution in [3.05, 3.63) is 79.9 Å². The lowest BCUT2D eigenvalue weighted by atomic mass is 10.00. The Balaban J connectivity index is 2.11. The number of alkyl halides is 2. The Morgan fingerprint density at radius 1 is 1.22 bits per heavy atom. The van der Waals surface area contributed by atoms with Gasteiger partial charge >= 0.3 is 0 Å². The Kier molecular flexibility index (Phi) is 5.92. The molecule has 0 atom stereocenters. The zero-order valence-electron chi connectivity index (χ0n) is 14.1. The number of aromatic nitrogens is 2. The van der Waals surface area contributed by atoms with Gasteiger partial charge in [0.15, 0.2) is 0 Å². The zero-order valence-corrected chi connectivity index (χ0v) is 16.5.